The van der Waals surface area contributed by atoms with Gasteiger partial charge in [-0.1, -0.05) is 30.3 Å². The van der Waals surface area contributed by atoms with Crippen LogP contribution in [0.5, 0.6) is 0 Å². The van der Waals surface area contributed by atoms with Crippen LogP contribution in [0.3, 0.4) is 0 Å². The number of benzene rings is 2. The normalized spacial score (nSPS) is 13.6. The van der Waals surface area contributed by atoms with E-state index in [1.54, 1.807) is 6.08 Å². The highest BCUT2D eigenvalue weighted by Crippen LogP contribution is 2.27. The Hall–Kier alpha value is -1.89. The number of hydrogen-bond donors (Lipinski definition) is 0. The van der Waals surface area contributed by atoms with Gasteiger partial charge >= 0.3 is 5.78 Å². The number of hydrogen-bond acceptors (Lipinski definition) is 0. The number of carbonyl (C=O) groups excluding carboxylic acids is 1. The monoisotopic (exact) mass is 181 g/mol. The summed E-state index contributed by atoms with van der Waals surface area (Å²) < 4.78 is 0. The molecule has 3 rings (SSSR count). The molecule has 0 fully saturated rings. The van der Waals surface area contributed by atoms with Crippen molar-refractivity contribution in [2.24, 2.45) is 0 Å². The van der Waals surface area contributed by atoms with Crippen molar-refractivity contribution >= 4 is 22.6 Å². The van der Waals surface area contributed by atoms with Crippen LogP contribution >= 0.6 is 0 Å². The van der Waals surface area contributed by atoms with E-state index in [4.69, 9.17) is 0 Å². The van der Waals surface area contributed by atoms with Crippen molar-refractivity contribution in [1.29, 1.82) is 0 Å². The molecule has 1 nitrogen and oxygen atoms in total. The third kappa shape index (κ3) is 0.867. The Balaban J connectivity index is 2.58. The van der Waals surface area contributed by atoms with Crippen molar-refractivity contribution in [3.63, 3.8) is 0 Å². The minimum Gasteiger partial charge on any atom is -0.273 e. The highest BCUT2D eigenvalue weighted by atomic mass is 16.1. The van der Waals surface area contributed by atoms with E-state index in [0.717, 1.165) is 10.9 Å². The zero-order valence-corrected chi connectivity index (χ0v) is 7.57. The van der Waals surface area contributed by atoms with E-state index in [2.05, 4.69) is 18.2 Å². The average Bonchev–Trinajstić information content (AvgIpc) is 2.24. The molecule has 0 atom stereocenters. The quantitative estimate of drug-likeness (QED) is 0.557. The summed E-state index contributed by atoms with van der Waals surface area (Å²) >= 11 is 0. The molecule has 0 bridgehead atoms. The molecule has 1 N–H and O–H groups in total. The smallest absolute Gasteiger partial charge is 0.273 e. The van der Waals surface area contributed by atoms with Crippen molar-refractivity contribution in [2.75, 3.05) is 0 Å². The van der Waals surface area contributed by atoms with Crippen molar-refractivity contribution in [2.45, 2.75) is 0 Å². The van der Waals surface area contributed by atoms with Crippen LogP contribution in [0.15, 0.2) is 42.5 Å². The molecule has 0 unspecified atom stereocenters. The third-order valence-corrected chi connectivity index (χ3v) is 2.63. The number of ketones is 1. The Morgan fingerprint density at radius 3 is 2.50 bits per heavy atom. The average molecular weight is 181 g/mol. The van der Waals surface area contributed by atoms with Crippen LogP contribution in [-0.4, -0.2) is 10.6 Å². The molecule has 14 heavy (non-hydrogen) atoms. The molecule has 0 radical (unpaired) electrons. The number of allylic oxidation sites excluding steroid dienone is 1. The van der Waals surface area contributed by atoms with Crippen LogP contribution in [-0.2, 0) is 0 Å². The van der Waals surface area contributed by atoms with Gasteiger partial charge in [0.15, 0.2) is 0 Å². The molecule has 2 aromatic carbocycles. The van der Waals surface area contributed by atoms with E-state index < -0.39 is 0 Å². The molecule has 1 aliphatic rings. The molecule has 2 aromatic rings. The second-order valence-electron chi connectivity index (χ2n) is 3.47. The van der Waals surface area contributed by atoms with Gasteiger partial charge in [0.2, 0.25) is 0 Å². The van der Waals surface area contributed by atoms with Crippen LogP contribution in [0.2, 0.25) is 0 Å². The van der Waals surface area contributed by atoms with E-state index in [1.165, 1.54) is 10.9 Å². The third-order valence-electron chi connectivity index (χ3n) is 2.63. The van der Waals surface area contributed by atoms with Gasteiger partial charge in [-0.25, -0.2) is 0 Å². The van der Waals surface area contributed by atoms with Gasteiger partial charge < -0.3 is 0 Å². The van der Waals surface area contributed by atoms with Gasteiger partial charge in [-0.05, 0) is 23.1 Å². The highest BCUT2D eigenvalue weighted by Gasteiger charge is 2.17. The molecule has 0 spiro atoms. The topological polar surface area (TPSA) is 21.4 Å². The maximum absolute atomic E-state index is 9.70. The summed E-state index contributed by atoms with van der Waals surface area (Å²) in [5, 5.41) is 2.32. The fourth-order valence-electron chi connectivity index (χ4n) is 1.98. The maximum Gasteiger partial charge on any atom is 0.347 e. The predicted octanol–water partition coefficient (Wildman–Crippen LogP) is 2.76. The molecular formula is C13H9O+. The van der Waals surface area contributed by atoms with Crippen molar-refractivity contribution < 1.29 is 4.79 Å². The lowest BCUT2D eigenvalue weighted by Gasteiger charge is -2.08. The minimum absolute atomic E-state index is 0.356. The lowest BCUT2D eigenvalue weighted by Crippen LogP contribution is -2.02. The molecule has 0 amide bonds. The molecule has 0 heterocycles. The fraction of sp³-hybridized carbons (Fsp3) is 0. The van der Waals surface area contributed by atoms with E-state index in [9.17, 15) is 4.79 Å². The first-order valence-corrected chi connectivity index (χ1v) is 4.62. The maximum atomic E-state index is 9.70. The Morgan fingerprint density at radius 2 is 1.64 bits per heavy atom. The van der Waals surface area contributed by atoms with Crippen LogP contribution in [0, 0.1) is 0 Å². The molecular weight excluding hydrogens is 172 g/mol. The largest absolute Gasteiger partial charge is 0.347 e. The summed E-state index contributed by atoms with van der Waals surface area (Å²) in [6.07, 6.45) is 3.70. The van der Waals surface area contributed by atoms with E-state index in [1.807, 2.05) is 24.3 Å². The Labute approximate surface area is 81.7 Å². The first kappa shape index (κ1) is 7.51. The van der Waals surface area contributed by atoms with Crippen LogP contribution in [0.1, 0.15) is 11.1 Å². The van der Waals surface area contributed by atoms with Gasteiger partial charge in [0.25, 0.3) is 0 Å². The minimum atomic E-state index is 0.356. The van der Waals surface area contributed by atoms with Crippen LogP contribution < -0.4 is 0 Å². The lowest BCUT2D eigenvalue weighted by atomic mass is 9.92. The lowest BCUT2D eigenvalue weighted by molar-refractivity contribution is 0.682. The van der Waals surface area contributed by atoms with Gasteiger partial charge in [0, 0.05) is 11.5 Å². The standard InChI is InChI=1S/C13H8O/c14-12-8-7-10-4-1-3-9-5-2-6-11(12)13(9)10/h1-8H/p+1. The predicted molar refractivity (Wildman–Crippen MR) is 59.0 cm³/mol. The Morgan fingerprint density at radius 1 is 0.857 bits per heavy atom. The van der Waals surface area contributed by atoms with E-state index >= 15 is 0 Å². The van der Waals surface area contributed by atoms with Crippen LogP contribution in [0.25, 0.3) is 16.8 Å². The summed E-state index contributed by atoms with van der Waals surface area (Å²) in [7, 11) is 0. The van der Waals surface area contributed by atoms with Crippen molar-refractivity contribution in [3.8, 4) is 0 Å². The molecule has 0 aromatic heterocycles. The molecule has 66 valence electrons. The zero-order chi connectivity index (χ0) is 9.54. The van der Waals surface area contributed by atoms with E-state index in [0.29, 0.717) is 5.78 Å². The van der Waals surface area contributed by atoms with Gasteiger partial charge in [0.1, 0.15) is 0 Å². The van der Waals surface area contributed by atoms with Gasteiger partial charge in [-0.2, -0.15) is 0 Å². The van der Waals surface area contributed by atoms with Crippen LogP contribution in [0.4, 0.5) is 0 Å². The summed E-state index contributed by atoms with van der Waals surface area (Å²) in [6.45, 7) is 0. The Kier molecular flexibility index (Phi) is 1.37. The summed E-state index contributed by atoms with van der Waals surface area (Å²) in [4.78, 5) is 9.70. The highest BCUT2D eigenvalue weighted by molar-refractivity contribution is 6.20. The van der Waals surface area contributed by atoms with E-state index in [-0.39, 0.29) is 0 Å². The zero-order valence-electron chi connectivity index (χ0n) is 7.57. The van der Waals surface area contributed by atoms with Gasteiger partial charge in [-0.3, -0.25) is 4.79 Å². The molecule has 0 saturated heterocycles. The second-order valence-corrected chi connectivity index (χ2v) is 3.47. The van der Waals surface area contributed by atoms with Gasteiger partial charge in [-0.15, -0.1) is 0 Å². The summed E-state index contributed by atoms with van der Waals surface area (Å²) in [5.74, 6) is 0.356. The summed E-state index contributed by atoms with van der Waals surface area (Å²) in [6, 6.07) is 12.1. The molecule has 0 saturated carbocycles. The van der Waals surface area contributed by atoms with Crippen molar-refractivity contribution in [1.82, 2.24) is 0 Å². The first-order valence-electron chi connectivity index (χ1n) is 4.62. The number of rotatable bonds is 0. The second kappa shape index (κ2) is 2.55. The van der Waals surface area contributed by atoms with Gasteiger partial charge in [0.05, 0.1) is 5.56 Å². The SMILES string of the molecule is [OH+]=C1C=Cc2cccc3cccc1c23. The molecule has 0 aliphatic heterocycles. The Bertz CT molecular complexity index is 559. The molecule has 1 aliphatic carbocycles. The van der Waals surface area contributed by atoms with Crippen molar-refractivity contribution in [3.05, 3.63) is 53.6 Å². The molecule has 1 heteroatoms. The first-order chi connectivity index (χ1) is 6.86. The summed E-state index contributed by atoms with van der Waals surface area (Å²) in [5.41, 5.74) is 2.11. The fourth-order valence-corrected chi connectivity index (χ4v) is 1.98.